The Hall–Kier alpha value is 0.480. The highest BCUT2D eigenvalue weighted by Gasteiger charge is 2.33. The van der Waals surface area contributed by atoms with Gasteiger partial charge in [0.1, 0.15) is 0 Å². The third-order valence-corrected chi connectivity index (χ3v) is 10.3. The molecule has 0 radical (unpaired) electrons. The molecular weight excluding hydrogens is 252 g/mol. The molecule has 0 N–H and O–H groups in total. The van der Waals surface area contributed by atoms with Gasteiger partial charge in [-0.05, 0) is 0 Å². The molecule has 3 atom stereocenters. The highest BCUT2D eigenvalue weighted by Crippen LogP contribution is 2.79. The van der Waals surface area contributed by atoms with Gasteiger partial charge >= 0.3 is 0 Å². The minimum absolute atomic E-state index is 0.0340. The van der Waals surface area contributed by atoms with Crippen LogP contribution < -0.4 is 0 Å². The fraction of sp³-hybridized carbons (Fsp3) is 1.00. The minimum Gasteiger partial charge on any atom is -0.183 e. The van der Waals surface area contributed by atoms with Crippen LogP contribution in [0.4, 0.5) is 12.6 Å². The fourth-order valence-corrected chi connectivity index (χ4v) is 10.1. The summed E-state index contributed by atoms with van der Waals surface area (Å²) in [5.41, 5.74) is 0. The van der Waals surface area contributed by atoms with Crippen molar-refractivity contribution in [2.75, 3.05) is 19.0 Å². The summed E-state index contributed by atoms with van der Waals surface area (Å²) in [6.07, 6.45) is -0.0681. The Balaban J connectivity index is 3.44. The van der Waals surface area contributed by atoms with Gasteiger partial charge in [-0.2, -0.15) is 26.1 Å². The van der Waals surface area contributed by atoms with Gasteiger partial charge in [-0.15, -0.1) is 0 Å². The van der Waals surface area contributed by atoms with Crippen LogP contribution >= 0.6 is 22.5 Å². The normalized spacial score (nSPS) is 47.6. The summed E-state index contributed by atoms with van der Waals surface area (Å²) < 4.78 is 51.2. The van der Waals surface area contributed by atoms with E-state index in [4.69, 9.17) is 0 Å². The number of halogens is 3. The van der Waals surface area contributed by atoms with E-state index in [1.807, 2.05) is 0 Å². The Morgan fingerprint density at radius 3 is 1.71 bits per heavy atom. The number of rotatable bonds is 2. The third kappa shape index (κ3) is 2.74. The van der Waals surface area contributed by atoms with Crippen molar-refractivity contribution in [2.24, 2.45) is 13.5 Å². The van der Waals surface area contributed by atoms with Gasteiger partial charge in [-0.1, -0.05) is 13.8 Å². The molecule has 3 unspecified atom stereocenters. The van der Waals surface area contributed by atoms with Crippen molar-refractivity contribution in [3.63, 3.8) is 0 Å². The van der Waals surface area contributed by atoms with Crippen molar-refractivity contribution in [1.82, 2.24) is 0 Å². The lowest BCUT2D eigenvalue weighted by molar-refractivity contribution is 0.832. The van der Waals surface area contributed by atoms with E-state index in [0.29, 0.717) is 0 Å². The molecule has 3 nitrogen and oxygen atoms in total. The van der Waals surface area contributed by atoms with E-state index in [1.54, 1.807) is 0 Å². The zero-order valence-corrected chi connectivity index (χ0v) is 10.9. The predicted octanol–water partition coefficient (Wildman–Crippen LogP) is 5.67. The molecule has 9 heteroatoms. The van der Waals surface area contributed by atoms with E-state index in [-0.39, 0.29) is 12.3 Å². The summed E-state index contributed by atoms with van der Waals surface area (Å²) in [6, 6.07) is 0. The van der Waals surface area contributed by atoms with E-state index in [0.717, 1.165) is 6.66 Å². The second kappa shape index (κ2) is 3.81. The maximum Gasteiger partial charge on any atom is 0.248 e. The molecule has 1 aliphatic rings. The van der Waals surface area contributed by atoms with Gasteiger partial charge in [-0.25, -0.2) is 0 Å². The van der Waals surface area contributed by atoms with Crippen molar-refractivity contribution < 1.29 is 12.6 Å². The van der Waals surface area contributed by atoms with E-state index >= 15 is 0 Å². The Kier molecular flexibility index (Phi) is 3.41. The molecule has 84 valence electrons. The Morgan fingerprint density at radius 2 is 1.29 bits per heavy atom. The summed E-state index contributed by atoms with van der Waals surface area (Å²) in [7, 11) is -10.8. The highest BCUT2D eigenvalue weighted by atomic mass is 31.3. The average molecular weight is 265 g/mol. The zero-order chi connectivity index (χ0) is 11.0. The predicted molar refractivity (Wildman–Crippen MR) is 58.4 cm³/mol. The quantitative estimate of drug-likeness (QED) is 0.576. The van der Waals surface area contributed by atoms with E-state index in [1.165, 1.54) is 13.8 Å². The lowest BCUT2D eigenvalue weighted by Gasteiger charge is -2.21. The molecule has 0 aromatic carbocycles. The van der Waals surface area contributed by atoms with Crippen molar-refractivity contribution >= 4 is 22.5 Å². The van der Waals surface area contributed by atoms with Crippen LogP contribution in [0.2, 0.25) is 0 Å². The Bertz CT molecular complexity index is 387. The molecule has 0 aliphatic carbocycles. The van der Waals surface area contributed by atoms with Crippen LogP contribution in [-0.4, -0.2) is 19.0 Å². The van der Waals surface area contributed by atoms with Gasteiger partial charge in [0.2, 0.25) is 22.5 Å². The molecule has 14 heavy (non-hydrogen) atoms. The van der Waals surface area contributed by atoms with Crippen LogP contribution in [0.15, 0.2) is 13.5 Å². The monoisotopic (exact) mass is 265 g/mol. The van der Waals surface area contributed by atoms with E-state index in [9.17, 15) is 12.6 Å². The van der Waals surface area contributed by atoms with Crippen molar-refractivity contribution in [1.29, 1.82) is 0 Å². The Labute approximate surface area is 82.2 Å². The molecule has 0 spiro atoms. The molecule has 0 aromatic rings. The molecule has 0 saturated carbocycles. The standard InChI is InChI=1S/C5H13F3N3P3/c1-4-13(7)9-12(3,6)10-14(8,5-2)11-13/h4-5H2,1-3H3. The van der Waals surface area contributed by atoms with Crippen LogP contribution in [0.3, 0.4) is 0 Å². The maximum atomic E-state index is 13.8. The van der Waals surface area contributed by atoms with Crippen LogP contribution in [0.1, 0.15) is 13.8 Å². The largest absolute Gasteiger partial charge is 0.248 e. The van der Waals surface area contributed by atoms with E-state index in [2.05, 4.69) is 13.5 Å². The van der Waals surface area contributed by atoms with Gasteiger partial charge in [0.15, 0.2) is 0 Å². The summed E-state index contributed by atoms with van der Waals surface area (Å²) in [4.78, 5) is 0. The second-order valence-electron chi connectivity index (χ2n) is 3.00. The lowest BCUT2D eigenvalue weighted by Crippen LogP contribution is -1.83. The second-order valence-corrected chi connectivity index (χ2v) is 10.6. The first-order valence-corrected chi connectivity index (χ1v) is 9.77. The van der Waals surface area contributed by atoms with Crippen molar-refractivity contribution in [3.05, 3.63) is 0 Å². The van der Waals surface area contributed by atoms with Crippen LogP contribution in [0.5, 0.6) is 0 Å². The molecule has 1 rings (SSSR count). The minimum atomic E-state index is -3.61. The van der Waals surface area contributed by atoms with Crippen LogP contribution in [0.25, 0.3) is 0 Å². The van der Waals surface area contributed by atoms with Gasteiger partial charge < -0.3 is 0 Å². The SMILES string of the molecule is CCP1(F)=NP(C)(F)=NP(F)(CC)=N1. The molecule has 1 aliphatic heterocycles. The first-order chi connectivity index (χ1) is 6.24. The summed E-state index contributed by atoms with van der Waals surface area (Å²) >= 11 is 0. The average Bonchev–Trinajstić information content (AvgIpc) is 2.00. The molecule has 0 saturated heterocycles. The van der Waals surface area contributed by atoms with Gasteiger partial charge in [-0.3, -0.25) is 0 Å². The van der Waals surface area contributed by atoms with E-state index < -0.39 is 22.5 Å². The van der Waals surface area contributed by atoms with Gasteiger partial charge in [0, 0.05) is 19.0 Å². The number of hydrogen-bond acceptors (Lipinski definition) is 3. The zero-order valence-electron chi connectivity index (χ0n) is 8.23. The first kappa shape index (κ1) is 12.5. The molecule has 0 bridgehead atoms. The fourth-order valence-electron chi connectivity index (χ4n) is 1.02. The Morgan fingerprint density at radius 1 is 0.857 bits per heavy atom. The van der Waals surface area contributed by atoms with Crippen LogP contribution in [0, 0.1) is 0 Å². The molecule has 1 heterocycles. The lowest BCUT2D eigenvalue weighted by atomic mass is 11.0. The summed E-state index contributed by atoms with van der Waals surface area (Å²) in [5, 5.41) is 0. The first-order valence-electron chi connectivity index (χ1n) is 4.20. The summed E-state index contributed by atoms with van der Waals surface area (Å²) in [6.45, 7) is 4.09. The van der Waals surface area contributed by atoms with Gasteiger partial charge in [0.05, 0.1) is 0 Å². The number of nitrogens with zero attached hydrogens (tertiary/aromatic N) is 3. The van der Waals surface area contributed by atoms with Gasteiger partial charge in [0.25, 0.3) is 0 Å². The third-order valence-electron chi connectivity index (χ3n) is 1.68. The smallest absolute Gasteiger partial charge is 0.183 e. The highest BCUT2D eigenvalue weighted by molar-refractivity contribution is 7.82. The van der Waals surface area contributed by atoms with Crippen LogP contribution in [-0.2, 0) is 0 Å². The molecule has 0 aromatic heterocycles. The van der Waals surface area contributed by atoms with Crippen molar-refractivity contribution in [2.45, 2.75) is 13.8 Å². The summed E-state index contributed by atoms with van der Waals surface area (Å²) in [5.74, 6) is 0. The molecule has 0 amide bonds. The molecule has 0 fully saturated rings. The topological polar surface area (TPSA) is 37.1 Å². The maximum absolute atomic E-state index is 13.8. The molecular formula is C5H13F3N3P3. The van der Waals surface area contributed by atoms with Crippen molar-refractivity contribution in [3.8, 4) is 0 Å². The number of hydrogen-bond donors (Lipinski definition) is 0.